The summed E-state index contributed by atoms with van der Waals surface area (Å²) >= 11 is 5.78. The molecule has 0 spiro atoms. The van der Waals surface area contributed by atoms with Gasteiger partial charge in [0.1, 0.15) is 12.6 Å². The second kappa shape index (κ2) is 6.93. The fourth-order valence-electron chi connectivity index (χ4n) is 1.95. The van der Waals surface area contributed by atoms with Crippen LogP contribution >= 0.6 is 11.6 Å². The number of nitro benzene ring substituents is 1. The van der Waals surface area contributed by atoms with Gasteiger partial charge in [0.15, 0.2) is 5.02 Å². The van der Waals surface area contributed by atoms with E-state index < -0.39 is 21.6 Å². The third-order valence-corrected chi connectivity index (χ3v) is 3.63. The number of anilines is 1. The zero-order chi connectivity index (χ0) is 18.7. The largest absolute Gasteiger partial charge is 0.408 e. The molecule has 1 amide bonds. The predicted octanol–water partition coefficient (Wildman–Crippen LogP) is 2.17. The summed E-state index contributed by atoms with van der Waals surface area (Å²) in [5.74, 6) is -1.21. The number of amides is 1. The minimum absolute atomic E-state index is 0.0727. The fourth-order valence-corrected chi connectivity index (χ4v) is 2.16. The summed E-state index contributed by atoms with van der Waals surface area (Å²) in [5, 5.41) is 36.4. The highest BCUT2D eigenvalue weighted by molar-refractivity contribution is 6.33. The van der Waals surface area contributed by atoms with Gasteiger partial charge in [-0.3, -0.25) is 14.9 Å². The maximum absolute atomic E-state index is 12.1. The van der Waals surface area contributed by atoms with E-state index >= 15 is 0 Å². The zero-order valence-electron chi connectivity index (χ0n) is 12.6. The molecule has 0 aliphatic rings. The highest BCUT2D eigenvalue weighted by Gasteiger charge is 2.25. The molecule has 0 unspecified atom stereocenters. The Balaban J connectivity index is 2.22. The SMILES string of the molecule is Cc1c(Cl)c([N+](=O)[O-])nn1CC(=O)Nc1ccc([N+](=O)[O-])cc1C#N. The van der Waals surface area contributed by atoms with Gasteiger partial charge in [-0.1, -0.05) is 11.6 Å². The molecule has 0 aliphatic heterocycles. The Labute approximate surface area is 144 Å². The van der Waals surface area contributed by atoms with Crippen LogP contribution in [-0.4, -0.2) is 25.5 Å². The molecule has 1 heterocycles. The molecule has 0 aliphatic carbocycles. The molecule has 0 radical (unpaired) electrons. The molecule has 25 heavy (non-hydrogen) atoms. The fraction of sp³-hybridized carbons (Fsp3) is 0.154. The average molecular weight is 365 g/mol. The van der Waals surface area contributed by atoms with Crippen LogP contribution in [0.5, 0.6) is 0 Å². The number of non-ortho nitro benzene ring substituents is 1. The van der Waals surface area contributed by atoms with E-state index in [1.807, 2.05) is 0 Å². The van der Waals surface area contributed by atoms with Gasteiger partial charge in [0.2, 0.25) is 5.91 Å². The highest BCUT2D eigenvalue weighted by atomic mass is 35.5. The van der Waals surface area contributed by atoms with Gasteiger partial charge in [-0.15, -0.1) is 0 Å². The number of carbonyl (C=O) groups is 1. The van der Waals surface area contributed by atoms with E-state index in [4.69, 9.17) is 16.9 Å². The van der Waals surface area contributed by atoms with Crippen LogP contribution in [0.3, 0.4) is 0 Å². The Bertz CT molecular complexity index is 932. The van der Waals surface area contributed by atoms with E-state index in [0.717, 1.165) is 16.8 Å². The lowest BCUT2D eigenvalue weighted by Crippen LogP contribution is -2.21. The molecule has 0 saturated carbocycles. The van der Waals surface area contributed by atoms with Gasteiger partial charge in [-0.25, -0.2) is 0 Å². The lowest BCUT2D eigenvalue weighted by Gasteiger charge is -2.06. The summed E-state index contributed by atoms with van der Waals surface area (Å²) < 4.78 is 1.05. The number of nitro groups is 2. The molecule has 0 fully saturated rings. The average Bonchev–Trinajstić information content (AvgIpc) is 2.83. The molecule has 128 valence electrons. The van der Waals surface area contributed by atoms with Crippen molar-refractivity contribution >= 4 is 34.7 Å². The van der Waals surface area contributed by atoms with E-state index in [1.165, 1.54) is 13.0 Å². The van der Waals surface area contributed by atoms with Crippen molar-refractivity contribution in [1.82, 2.24) is 9.78 Å². The number of rotatable bonds is 5. The first-order chi connectivity index (χ1) is 11.7. The standard InChI is InChI=1S/C13H9ClN6O5/c1-7-12(14)13(20(24)25)17-18(7)6-11(21)16-10-3-2-9(19(22)23)4-8(10)5-15/h2-4H,6H2,1H3,(H,16,21). The second-order valence-electron chi connectivity index (χ2n) is 4.78. The minimum atomic E-state index is -0.770. The summed E-state index contributed by atoms with van der Waals surface area (Å²) in [6.45, 7) is 1.07. The van der Waals surface area contributed by atoms with Crippen molar-refractivity contribution < 1.29 is 14.6 Å². The Morgan fingerprint density at radius 3 is 2.60 bits per heavy atom. The van der Waals surface area contributed by atoms with E-state index in [0.29, 0.717) is 0 Å². The number of hydrogen-bond donors (Lipinski definition) is 1. The maximum Gasteiger partial charge on any atom is 0.408 e. The summed E-state index contributed by atoms with van der Waals surface area (Å²) in [6.07, 6.45) is 0. The molecule has 1 aromatic carbocycles. The van der Waals surface area contributed by atoms with Crippen LogP contribution in [-0.2, 0) is 11.3 Å². The van der Waals surface area contributed by atoms with Crippen LogP contribution in [0.2, 0.25) is 5.02 Å². The number of nitriles is 1. The van der Waals surface area contributed by atoms with Crippen LogP contribution < -0.4 is 5.32 Å². The lowest BCUT2D eigenvalue weighted by atomic mass is 10.1. The van der Waals surface area contributed by atoms with Gasteiger partial charge in [0, 0.05) is 12.1 Å². The molecule has 12 heteroatoms. The van der Waals surface area contributed by atoms with Crippen molar-refractivity contribution in [1.29, 1.82) is 5.26 Å². The molecule has 0 saturated heterocycles. The van der Waals surface area contributed by atoms with Gasteiger partial charge in [-0.05, 0) is 17.9 Å². The van der Waals surface area contributed by atoms with Crippen molar-refractivity contribution in [2.75, 3.05) is 5.32 Å². The van der Waals surface area contributed by atoms with Gasteiger partial charge in [0.25, 0.3) is 5.69 Å². The molecule has 11 nitrogen and oxygen atoms in total. The minimum Gasteiger partial charge on any atom is -0.358 e. The first-order valence-corrected chi connectivity index (χ1v) is 6.98. The number of halogens is 1. The van der Waals surface area contributed by atoms with Crippen molar-refractivity contribution in [2.45, 2.75) is 13.5 Å². The van der Waals surface area contributed by atoms with Gasteiger partial charge >= 0.3 is 5.82 Å². The van der Waals surface area contributed by atoms with Gasteiger partial charge in [0.05, 0.1) is 27.0 Å². The lowest BCUT2D eigenvalue weighted by molar-refractivity contribution is -0.389. The zero-order valence-corrected chi connectivity index (χ0v) is 13.4. The normalized spacial score (nSPS) is 10.1. The molecular formula is C13H9ClN6O5. The summed E-state index contributed by atoms with van der Waals surface area (Å²) in [5.41, 5.74) is -0.0835. The summed E-state index contributed by atoms with van der Waals surface area (Å²) in [4.78, 5) is 32.1. The number of benzene rings is 1. The summed E-state index contributed by atoms with van der Waals surface area (Å²) in [6, 6.07) is 5.13. The monoisotopic (exact) mass is 364 g/mol. The first kappa shape index (κ1) is 17.8. The number of carbonyl (C=O) groups excluding carboxylic acids is 1. The molecule has 1 N–H and O–H groups in total. The van der Waals surface area contributed by atoms with Crippen molar-refractivity contribution in [3.05, 3.63) is 54.7 Å². The Hall–Kier alpha value is -3.52. The van der Waals surface area contributed by atoms with Crippen molar-refractivity contribution in [3.63, 3.8) is 0 Å². The topological polar surface area (TPSA) is 157 Å². The first-order valence-electron chi connectivity index (χ1n) is 6.60. The second-order valence-corrected chi connectivity index (χ2v) is 5.16. The highest BCUT2D eigenvalue weighted by Crippen LogP contribution is 2.26. The van der Waals surface area contributed by atoms with Crippen LogP contribution in [0.15, 0.2) is 18.2 Å². The van der Waals surface area contributed by atoms with Gasteiger partial charge < -0.3 is 15.4 Å². The predicted molar refractivity (Wildman–Crippen MR) is 85.1 cm³/mol. The molecule has 2 rings (SSSR count). The van der Waals surface area contributed by atoms with Gasteiger partial charge in [-0.2, -0.15) is 9.94 Å². The Morgan fingerprint density at radius 1 is 1.40 bits per heavy atom. The number of hydrogen-bond acceptors (Lipinski definition) is 7. The van der Waals surface area contributed by atoms with Crippen molar-refractivity contribution in [3.8, 4) is 6.07 Å². The third kappa shape index (κ3) is 3.70. The van der Waals surface area contributed by atoms with Crippen LogP contribution in [0, 0.1) is 38.5 Å². The quantitative estimate of drug-likeness (QED) is 0.628. The maximum atomic E-state index is 12.1. The van der Waals surface area contributed by atoms with E-state index in [-0.39, 0.29) is 34.2 Å². The molecule has 0 bridgehead atoms. The van der Waals surface area contributed by atoms with E-state index in [9.17, 15) is 25.0 Å². The molecule has 0 atom stereocenters. The van der Waals surface area contributed by atoms with Crippen LogP contribution in [0.1, 0.15) is 11.3 Å². The number of aromatic nitrogens is 2. The molecule has 2 aromatic rings. The Morgan fingerprint density at radius 2 is 2.08 bits per heavy atom. The van der Waals surface area contributed by atoms with Crippen LogP contribution in [0.25, 0.3) is 0 Å². The molecule has 1 aromatic heterocycles. The van der Waals surface area contributed by atoms with Crippen molar-refractivity contribution in [2.24, 2.45) is 0 Å². The van der Waals surface area contributed by atoms with Crippen LogP contribution in [0.4, 0.5) is 17.2 Å². The third-order valence-electron chi connectivity index (χ3n) is 3.19. The van der Waals surface area contributed by atoms with E-state index in [1.54, 1.807) is 6.07 Å². The molecular weight excluding hydrogens is 356 g/mol. The Kier molecular flexibility index (Phi) is 4.94. The van der Waals surface area contributed by atoms with E-state index in [2.05, 4.69) is 10.4 Å². The number of nitrogens with one attached hydrogen (secondary N) is 1. The summed E-state index contributed by atoms with van der Waals surface area (Å²) in [7, 11) is 0. The smallest absolute Gasteiger partial charge is 0.358 e. The number of nitrogens with zero attached hydrogens (tertiary/aromatic N) is 5.